The quantitative estimate of drug-likeness (QED) is 0.422. The normalized spacial score (nSPS) is 25.2. The van der Waals surface area contributed by atoms with Gasteiger partial charge in [-0.2, -0.15) is 0 Å². The molecule has 1 fully saturated rings. The molecule has 0 aromatic carbocycles. The Hall–Kier alpha value is -0.130. The number of hydrogen-bond acceptors (Lipinski definition) is 2. The van der Waals surface area contributed by atoms with Crippen molar-refractivity contribution in [3.8, 4) is 12.3 Å². The van der Waals surface area contributed by atoms with E-state index in [1.54, 1.807) is 0 Å². The maximum atomic E-state index is 5.23. The highest BCUT2D eigenvalue weighted by Gasteiger charge is 2.17. The molecule has 0 bridgehead atoms. The minimum atomic E-state index is 0.767. The van der Waals surface area contributed by atoms with E-state index in [-0.39, 0.29) is 0 Å². The smallest absolute Gasteiger partial charge is 0.0545 e. The second kappa shape index (κ2) is 9.85. The fraction of sp³-hybridized carbons (Fsp3) is 0.867. The standard InChI is InChI=1S/C15H27NS/c1-3-6-14-7-5-8-15(10-9-14)16-11-13-17-12-4-2/h2,14-16H,3,5-13H2,1H3. The van der Waals surface area contributed by atoms with E-state index in [1.165, 1.54) is 44.9 Å². The highest BCUT2D eigenvalue weighted by molar-refractivity contribution is 7.99. The van der Waals surface area contributed by atoms with Crippen LogP contribution in [0.25, 0.3) is 0 Å². The molecule has 2 heteroatoms. The van der Waals surface area contributed by atoms with E-state index >= 15 is 0 Å². The lowest BCUT2D eigenvalue weighted by atomic mass is 9.95. The molecule has 0 aliphatic heterocycles. The van der Waals surface area contributed by atoms with Gasteiger partial charge in [-0.25, -0.2) is 0 Å². The van der Waals surface area contributed by atoms with Crippen LogP contribution in [0, 0.1) is 18.3 Å². The molecular formula is C15H27NS. The second-order valence-corrected chi connectivity index (χ2v) is 6.18. The number of rotatable bonds is 7. The molecule has 0 aromatic heterocycles. The molecule has 1 nitrogen and oxygen atoms in total. The Morgan fingerprint density at radius 1 is 1.29 bits per heavy atom. The van der Waals surface area contributed by atoms with Crippen molar-refractivity contribution < 1.29 is 0 Å². The first kappa shape index (κ1) is 14.9. The van der Waals surface area contributed by atoms with E-state index < -0.39 is 0 Å². The van der Waals surface area contributed by atoms with Gasteiger partial charge in [0.2, 0.25) is 0 Å². The lowest BCUT2D eigenvalue weighted by Gasteiger charge is -2.16. The Bertz CT molecular complexity index is 221. The highest BCUT2D eigenvalue weighted by atomic mass is 32.2. The van der Waals surface area contributed by atoms with Gasteiger partial charge in [0.05, 0.1) is 5.75 Å². The van der Waals surface area contributed by atoms with Gasteiger partial charge in [-0.3, -0.25) is 0 Å². The molecule has 2 atom stereocenters. The number of terminal acetylenes is 1. The van der Waals surface area contributed by atoms with Crippen LogP contribution in [0.5, 0.6) is 0 Å². The van der Waals surface area contributed by atoms with Crippen LogP contribution in [0.4, 0.5) is 0 Å². The lowest BCUT2D eigenvalue weighted by molar-refractivity contribution is 0.412. The molecule has 0 spiro atoms. The maximum Gasteiger partial charge on any atom is 0.0545 e. The molecule has 0 radical (unpaired) electrons. The maximum absolute atomic E-state index is 5.23. The summed E-state index contributed by atoms with van der Waals surface area (Å²) < 4.78 is 0. The van der Waals surface area contributed by atoms with Gasteiger partial charge in [0.1, 0.15) is 0 Å². The molecule has 1 aliphatic rings. The van der Waals surface area contributed by atoms with Crippen molar-refractivity contribution in [1.29, 1.82) is 0 Å². The molecule has 1 aliphatic carbocycles. The largest absolute Gasteiger partial charge is 0.313 e. The lowest BCUT2D eigenvalue weighted by Crippen LogP contribution is -2.30. The summed E-state index contributed by atoms with van der Waals surface area (Å²) in [6.45, 7) is 3.43. The van der Waals surface area contributed by atoms with Crippen molar-refractivity contribution in [1.82, 2.24) is 5.32 Å². The SMILES string of the molecule is C#CCSCCNC1CCCC(CCC)CC1. The topological polar surface area (TPSA) is 12.0 Å². The first-order valence-electron chi connectivity index (χ1n) is 7.11. The molecule has 0 aromatic rings. The highest BCUT2D eigenvalue weighted by Crippen LogP contribution is 2.26. The zero-order valence-electron chi connectivity index (χ0n) is 11.2. The molecule has 17 heavy (non-hydrogen) atoms. The van der Waals surface area contributed by atoms with Gasteiger partial charge in [-0.15, -0.1) is 18.2 Å². The summed E-state index contributed by atoms with van der Waals surface area (Å²) in [7, 11) is 0. The van der Waals surface area contributed by atoms with Gasteiger partial charge in [-0.05, 0) is 25.2 Å². The van der Waals surface area contributed by atoms with Crippen LogP contribution in [-0.2, 0) is 0 Å². The monoisotopic (exact) mass is 253 g/mol. The predicted molar refractivity (Wildman–Crippen MR) is 79.4 cm³/mol. The molecular weight excluding hydrogens is 226 g/mol. The Labute approximate surface area is 112 Å². The van der Waals surface area contributed by atoms with Crippen LogP contribution in [0.2, 0.25) is 0 Å². The third-order valence-electron chi connectivity index (χ3n) is 3.65. The summed E-state index contributed by atoms with van der Waals surface area (Å²) >= 11 is 1.86. The van der Waals surface area contributed by atoms with Gasteiger partial charge in [-0.1, -0.05) is 38.5 Å². The summed E-state index contributed by atoms with van der Waals surface area (Å²) in [5, 5.41) is 3.69. The average molecular weight is 253 g/mol. The summed E-state index contributed by atoms with van der Waals surface area (Å²) in [5.41, 5.74) is 0. The van der Waals surface area contributed by atoms with Gasteiger partial charge >= 0.3 is 0 Å². The molecule has 0 amide bonds. The van der Waals surface area contributed by atoms with Gasteiger partial charge in [0.15, 0.2) is 0 Å². The summed E-state index contributed by atoms with van der Waals surface area (Å²) in [4.78, 5) is 0. The van der Waals surface area contributed by atoms with E-state index in [9.17, 15) is 0 Å². The van der Waals surface area contributed by atoms with Crippen molar-refractivity contribution >= 4 is 11.8 Å². The Balaban J connectivity index is 2.08. The van der Waals surface area contributed by atoms with E-state index in [0.717, 1.165) is 30.0 Å². The Kier molecular flexibility index (Phi) is 8.65. The molecule has 98 valence electrons. The zero-order valence-corrected chi connectivity index (χ0v) is 12.0. The summed E-state index contributed by atoms with van der Waals surface area (Å²) in [6.07, 6.45) is 15.1. The molecule has 0 saturated heterocycles. The van der Waals surface area contributed by atoms with Crippen LogP contribution in [-0.4, -0.2) is 24.1 Å². The van der Waals surface area contributed by atoms with Gasteiger partial charge < -0.3 is 5.32 Å². The van der Waals surface area contributed by atoms with Gasteiger partial charge in [0.25, 0.3) is 0 Å². The third kappa shape index (κ3) is 7.01. The fourth-order valence-corrected chi connectivity index (χ4v) is 3.27. The van der Waals surface area contributed by atoms with Crippen molar-refractivity contribution in [3.63, 3.8) is 0 Å². The Morgan fingerprint density at radius 2 is 2.18 bits per heavy atom. The first-order chi connectivity index (χ1) is 8.36. The minimum absolute atomic E-state index is 0.767. The molecule has 2 unspecified atom stereocenters. The van der Waals surface area contributed by atoms with Crippen molar-refractivity contribution in [3.05, 3.63) is 0 Å². The number of nitrogens with one attached hydrogen (secondary N) is 1. The van der Waals surface area contributed by atoms with Crippen molar-refractivity contribution in [2.45, 2.75) is 57.9 Å². The number of hydrogen-bond donors (Lipinski definition) is 1. The van der Waals surface area contributed by atoms with Crippen molar-refractivity contribution in [2.75, 3.05) is 18.1 Å². The third-order valence-corrected chi connectivity index (χ3v) is 4.51. The van der Waals surface area contributed by atoms with Crippen LogP contribution >= 0.6 is 11.8 Å². The van der Waals surface area contributed by atoms with Crippen molar-refractivity contribution in [2.24, 2.45) is 5.92 Å². The van der Waals surface area contributed by atoms with E-state index in [2.05, 4.69) is 18.2 Å². The van der Waals surface area contributed by atoms with Crippen LogP contribution in [0.1, 0.15) is 51.9 Å². The molecule has 1 N–H and O–H groups in total. The first-order valence-corrected chi connectivity index (χ1v) is 8.26. The van der Waals surface area contributed by atoms with Crippen LogP contribution in [0.15, 0.2) is 0 Å². The Morgan fingerprint density at radius 3 is 2.94 bits per heavy atom. The number of thioether (sulfide) groups is 1. The second-order valence-electron chi connectivity index (χ2n) is 5.07. The van der Waals surface area contributed by atoms with Crippen LogP contribution in [0.3, 0.4) is 0 Å². The van der Waals surface area contributed by atoms with E-state index in [1.807, 2.05) is 11.8 Å². The fourth-order valence-electron chi connectivity index (χ4n) is 2.75. The van der Waals surface area contributed by atoms with E-state index in [4.69, 9.17) is 6.42 Å². The predicted octanol–water partition coefficient (Wildman–Crippen LogP) is 3.69. The van der Waals surface area contributed by atoms with Gasteiger partial charge in [0, 0.05) is 18.3 Å². The molecule has 1 rings (SSSR count). The summed E-state index contributed by atoms with van der Waals surface area (Å²) in [5.74, 6) is 5.68. The minimum Gasteiger partial charge on any atom is -0.313 e. The van der Waals surface area contributed by atoms with Crippen LogP contribution < -0.4 is 5.32 Å². The average Bonchev–Trinajstić information content (AvgIpc) is 2.55. The molecule has 1 saturated carbocycles. The summed E-state index contributed by atoms with van der Waals surface area (Å²) in [6, 6.07) is 0.767. The molecule has 0 heterocycles. The zero-order chi connectivity index (χ0) is 12.3. The van der Waals surface area contributed by atoms with E-state index in [0.29, 0.717) is 0 Å².